The minimum Gasteiger partial charge on any atom is -0.502 e. The quantitative estimate of drug-likeness (QED) is 0.365. The summed E-state index contributed by atoms with van der Waals surface area (Å²) in [5.41, 5.74) is 3.62. The molecule has 0 radical (unpaired) electrons. The van der Waals surface area contributed by atoms with Gasteiger partial charge in [0.25, 0.3) is 5.91 Å². The fourth-order valence-corrected chi connectivity index (χ4v) is 2.83. The van der Waals surface area contributed by atoms with Crippen LogP contribution in [-0.4, -0.2) is 27.1 Å². The second kappa shape index (κ2) is 8.94. The first-order valence-corrected chi connectivity index (χ1v) is 8.80. The van der Waals surface area contributed by atoms with E-state index in [9.17, 15) is 20.0 Å². The molecule has 0 aliphatic heterocycles. The number of halogens is 1. The minimum atomic E-state index is -0.682. The molecular formula is C20H15ClN4O4. The molecule has 146 valence electrons. The third-order valence-corrected chi connectivity index (χ3v) is 4.41. The van der Waals surface area contributed by atoms with E-state index in [0.29, 0.717) is 22.6 Å². The van der Waals surface area contributed by atoms with Crippen molar-refractivity contribution >= 4 is 29.4 Å². The van der Waals surface area contributed by atoms with Crippen LogP contribution >= 0.6 is 11.6 Å². The molecule has 3 aromatic rings. The normalized spacial score (nSPS) is 10.8. The molecule has 3 rings (SSSR count). The fourth-order valence-electron chi connectivity index (χ4n) is 2.63. The second-order valence-electron chi connectivity index (χ2n) is 6.01. The first kappa shape index (κ1) is 20.0. The van der Waals surface area contributed by atoms with E-state index in [2.05, 4.69) is 15.5 Å². The molecular weight excluding hydrogens is 396 g/mol. The van der Waals surface area contributed by atoms with Crippen molar-refractivity contribution in [3.05, 3.63) is 98.3 Å². The number of hydrogen-bond donors (Lipinski definition) is 2. The Morgan fingerprint density at radius 2 is 1.97 bits per heavy atom. The first-order valence-electron chi connectivity index (χ1n) is 8.43. The van der Waals surface area contributed by atoms with Gasteiger partial charge in [0.1, 0.15) is 0 Å². The number of amides is 1. The number of pyridine rings is 1. The van der Waals surface area contributed by atoms with Gasteiger partial charge in [-0.2, -0.15) is 5.10 Å². The number of benzene rings is 2. The van der Waals surface area contributed by atoms with Crippen LogP contribution in [0.2, 0.25) is 5.02 Å². The topological polar surface area (TPSA) is 118 Å². The number of hydrazone groups is 1. The van der Waals surface area contributed by atoms with Crippen LogP contribution in [-0.2, 0) is 6.42 Å². The number of hydrogen-bond acceptors (Lipinski definition) is 6. The number of aromatic nitrogens is 1. The van der Waals surface area contributed by atoms with Gasteiger partial charge in [-0.05, 0) is 41.8 Å². The Bertz CT molecular complexity index is 1090. The zero-order valence-corrected chi connectivity index (χ0v) is 15.7. The second-order valence-corrected chi connectivity index (χ2v) is 6.42. The number of phenolic OH excluding ortho intramolecular Hbond substituents is 1. The Labute approximate surface area is 170 Å². The van der Waals surface area contributed by atoms with Crippen molar-refractivity contribution in [3.8, 4) is 5.75 Å². The van der Waals surface area contributed by atoms with Crippen molar-refractivity contribution in [1.82, 2.24) is 10.4 Å². The van der Waals surface area contributed by atoms with E-state index in [0.717, 1.165) is 11.8 Å². The van der Waals surface area contributed by atoms with Crippen LogP contribution in [0, 0.1) is 10.1 Å². The van der Waals surface area contributed by atoms with Crippen LogP contribution in [0.1, 0.15) is 27.0 Å². The van der Waals surface area contributed by atoms with Gasteiger partial charge in [0.05, 0.1) is 11.1 Å². The average Bonchev–Trinajstić information content (AvgIpc) is 2.72. The average molecular weight is 411 g/mol. The Morgan fingerprint density at radius 1 is 1.24 bits per heavy atom. The molecule has 0 aliphatic carbocycles. The number of carbonyl (C=O) groups is 1. The van der Waals surface area contributed by atoms with Crippen LogP contribution < -0.4 is 5.43 Å². The van der Waals surface area contributed by atoms with Gasteiger partial charge in [0, 0.05) is 34.6 Å². The molecule has 0 saturated carbocycles. The molecule has 2 aromatic carbocycles. The van der Waals surface area contributed by atoms with E-state index < -0.39 is 22.3 Å². The van der Waals surface area contributed by atoms with E-state index >= 15 is 0 Å². The van der Waals surface area contributed by atoms with Crippen molar-refractivity contribution in [1.29, 1.82) is 0 Å². The Balaban J connectivity index is 1.87. The number of carbonyl (C=O) groups excluding carboxylic acids is 1. The maximum atomic E-state index is 12.0. The molecule has 29 heavy (non-hydrogen) atoms. The molecule has 1 aromatic heterocycles. The molecule has 0 saturated heterocycles. The zero-order chi connectivity index (χ0) is 20.8. The van der Waals surface area contributed by atoms with Gasteiger partial charge in [-0.3, -0.25) is 19.9 Å². The summed E-state index contributed by atoms with van der Waals surface area (Å²) < 4.78 is 0. The predicted octanol–water partition coefficient (Wildman–Crippen LogP) is 3.70. The maximum absolute atomic E-state index is 12.0. The van der Waals surface area contributed by atoms with Crippen LogP contribution in [0.15, 0.2) is 66.0 Å². The van der Waals surface area contributed by atoms with E-state index in [1.807, 2.05) is 12.1 Å². The first-order chi connectivity index (χ1) is 14.0. The van der Waals surface area contributed by atoms with Gasteiger partial charge < -0.3 is 5.11 Å². The van der Waals surface area contributed by atoms with Gasteiger partial charge >= 0.3 is 5.69 Å². The van der Waals surface area contributed by atoms with Gasteiger partial charge in [-0.25, -0.2) is 5.43 Å². The molecule has 0 spiro atoms. The lowest BCUT2D eigenvalue weighted by Crippen LogP contribution is -2.17. The van der Waals surface area contributed by atoms with Gasteiger partial charge in [-0.1, -0.05) is 29.8 Å². The number of nitro groups is 1. The van der Waals surface area contributed by atoms with E-state index in [-0.39, 0.29) is 5.56 Å². The molecule has 9 heteroatoms. The van der Waals surface area contributed by atoms with Crippen molar-refractivity contribution in [2.24, 2.45) is 5.10 Å². The summed E-state index contributed by atoms with van der Waals surface area (Å²) in [7, 11) is 0. The van der Waals surface area contributed by atoms with Crippen molar-refractivity contribution in [2.45, 2.75) is 6.42 Å². The number of nitrogens with one attached hydrogen (secondary N) is 1. The molecule has 0 unspecified atom stereocenters. The summed E-state index contributed by atoms with van der Waals surface area (Å²) in [4.78, 5) is 26.5. The lowest BCUT2D eigenvalue weighted by atomic mass is 10.0. The van der Waals surface area contributed by atoms with Gasteiger partial charge in [0.15, 0.2) is 0 Å². The molecule has 2 N–H and O–H groups in total. The van der Waals surface area contributed by atoms with Crippen LogP contribution in [0.25, 0.3) is 0 Å². The molecule has 0 fully saturated rings. The smallest absolute Gasteiger partial charge is 0.311 e. The lowest BCUT2D eigenvalue weighted by molar-refractivity contribution is -0.385. The van der Waals surface area contributed by atoms with Crippen LogP contribution in [0.3, 0.4) is 0 Å². The van der Waals surface area contributed by atoms with Crippen molar-refractivity contribution < 1.29 is 14.8 Å². The predicted molar refractivity (Wildman–Crippen MR) is 108 cm³/mol. The Hall–Kier alpha value is -3.78. The molecule has 8 nitrogen and oxygen atoms in total. The van der Waals surface area contributed by atoms with E-state index in [4.69, 9.17) is 11.6 Å². The molecule has 0 bridgehead atoms. The summed E-state index contributed by atoms with van der Waals surface area (Å²) in [6.45, 7) is 0. The summed E-state index contributed by atoms with van der Waals surface area (Å²) in [6, 6.07) is 13.0. The third kappa shape index (κ3) is 4.94. The largest absolute Gasteiger partial charge is 0.502 e. The zero-order valence-electron chi connectivity index (χ0n) is 14.9. The van der Waals surface area contributed by atoms with Crippen LogP contribution in [0.5, 0.6) is 5.75 Å². The molecule has 0 atom stereocenters. The summed E-state index contributed by atoms with van der Waals surface area (Å²) in [5.74, 6) is -1.02. The number of rotatable bonds is 6. The number of aromatic hydroxyl groups is 1. The fraction of sp³-hybridized carbons (Fsp3) is 0.0500. The number of nitro benzene ring substituents is 1. The van der Waals surface area contributed by atoms with Crippen LogP contribution in [0.4, 0.5) is 5.69 Å². The highest BCUT2D eigenvalue weighted by molar-refractivity contribution is 6.31. The summed E-state index contributed by atoms with van der Waals surface area (Å²) in [6.07, 6.45) is 4.40. The third-order valence-electron chi connectivity index (χ3n) is 4.04. The summed E-state index contributed by atoms with van der Waals surface area (Å²) >= 11 is 6.16. The van der Waals surface area contributed by atoms with Crippen molar-refractivity contribution in [3.63, 3.8) is 0 Å². The van der Waals surface area contributed by atoms with E-state index in [1.54, 1.807) is 18.2 Å². The van der Waals surface area contributed by atoms with Gasteiger partial charge in [0.2, 0.25) is 5.75 Å². The highest BCUT2D eigenvalue weighted by Gasteiger charge is 2.19. The lowest BCUT2D eigenvalue weighted by Gasteiger charge is -2.08. The van der Waals surface area contributed by atoms with Gasteiger partial charge in [-0.15, -0.1) is 0 Å². The Morgan fingerprint density at radius 3 is 2.66 bits per heavy atom. The standard InChI is InChI=1S/C20H15ClN4O4/c21-17-4-2-1-3-15(17)9-13-10-16(19(26)18(11-13)25(28)29)12-23-24-20(27)14-5-7-22-8-6-14/h1-8,10-12,26H,9H2,(H,24,27). The molecule has 1 amide bonds. The Kier molecular flexibility index (Phi) is 6.16. The number of phenols is 1. The SMILES string of the molecule is O=C(NN=Cc1cc(Cc2ccccc2Cl)cc([N+](=O)[O-])c1O)c1ccncc1. The number of nitrogens with zero attached hydrogens (tertiary/aromatic N) is 3. The minimum absolute atomic E-state index is 0.0938. The summed E-state index contributed by atoms with van der Waals surface area (Å²) in [5, 5.41) is 25.8. The maximum Gasteiger partial charge on any atom is 0.311 e. The molecule has 0 aliphatic rings. The highest BCUT2D eigenvalue weighted by Crippen LogP contribution is 2.32. The molecule has 1 heterocycles. The highest BCUT2D eigenvalue weighted by atomic mass is 35.5. The monoisotopic (exact) mass is 410 g/mol. The van der Waals surface area contributed by atoms with Crippen molar-refractivity contribution in [2.75, 3.05) is 0 Å². The van der Waals surface area contributed by atoms with E-state index in [1.165, 1.54) is 30.6 Å².